The van der Waals surface area contributed by atoms with Crippen LogP contribution in [0.1, 0.15) is 85.0 Å². The van der Waals surface area contributed by atoms with Gasteiger partial charge in [-0.2, -0.15) is 5.26 Å². The molecule has 0 aromatic heterocycles. The molecule has 4 aliphatic carbocycles. The van der Waals surface area contributed by atoms with Gasteiger partial charge in [0.25, 0.3) is 0 Å². The lowest BCUT2D eigenvalue weighted by Crippen LogP contribution is -2.53. The van der Waals surface area contributed by atoms with Crippen LogP contribution < -0.4 is 0 Å². The van der Waals surface area contributed by atoms with E-state index in [9.17, 15) is 5.26 Å². The van der Waals surface area contributed by atoms with Crippen molar-refractivity contribution in [3.63, 3.8) is 0 Å². The Hall–Kier alpha value is -0.770. The van der Waals surface area contributed by atoms with Gasteiger partial charge in [-0.1, -0.05) is 45.8 Å². The van der Waals surface area contributed by atoms with Gasteiger partial charge in [-0.05, 0) is 91.3 Å². The highest BCUT2D eigenvalue weighted by atomic mass is 14.7. The van der Waals surface area contributed by atoms with Crippen molar-refractivity contribution in [3.8, 4) is 6.07 Å². The molecular weight excluding hydrogens is 302 g/mol. The number of hydrogen-bond donors (Lipinski definition) is 0. The van der Waals surface area contributed by atoms with Crippen molar-refractivity contribution in [1.29, 1.82) is 5.26 Å². The number of fused-ring (bicyclic) bond motifs is 5. The Balaban J connectivity index is 1.64. The maximum absolute atomic E-state index is 9.21. The van der Waals surface area contributed by atoms with Gasteiger partial charge in [-0.15, -0.1) is 0 Å². The Bertz CT molecular complexity index is 585. The van der Waals surface area contributed by atoms with Crippen LogP contribution in [-0.2, 0) is 0 Å². The first-order valence-corrected chi connectivity index (χ1v) is 11.0. The molecule has 25 heavy (non-hydrogen) atoms. The second-order valence-corrected chi connectivity index (χ2v) is 10.6. The monoisotopic (exact) mass is 339 g/mol. The Morgan fingerprint density at radius 2 is 1.84 bits per heavy atom. The van der Waals surface area contributed by atoms with Crippen LogP contribution in [0.5, 0.6) is 0 Å². The molecule has 4 aliphatic rings. The average Bonchev–Trinajstić information content (AvgIpc) is 2.93. The third-order valence-electron chi connectivity index (χ3n) is 9.72. The molecule has 1 heteroatoms. The predicted octanol–water partition coefficient (Wildman–Crippen LogP) is 6.75. The Kier molecular flexibility index (Phi) is 4.33. The zero-order valence-electron chi connectivity index (χ0n) is 16.7. The summed E-state index contributed by atoms with van der Waals surface area (Å²) in [5.41, 5.74) is 2.65. The van der Waals surface area contributed by atoms with Crippen LogP contribution in [0.15, 0.2) is 12.2 Å². The van der Waals surface area contributed by atoms with Crippen molar-refractivity contribution in [1.82, 2.24) is 0 Å². The zero-order chi connectivity index (χ0) is 17.8. The first-order valence-electron chi connectivity index (χ1n) is 11.0. The molecule has 0 aromatic carbocycles. The van der Waals surface area contributed by atoms with Crippen LogP contribution in [0.25, 0.3) is 0 Å². The molecule has 4 rings (SSSR count). The quantitative estimate of drug-likeness (QED) is 0.510. The molecule has 0 heterocycles. The molecule has 1 nitrogen and oxygen atoms in total. The summed E-state index contributed by atoms with van der Waals surface area (Å²) in [4.78, 5) is 0. The summed E-state index contributed by atoms with van der Waals surface area (Å²) >= 11 is 0. The minimum atomic E-state index is 0.457. The number of nitrogens with zero attached hydrogens (tertiary/aromatic N) is 1. The fourth-order valence-corrected chi connectivity index (χ4v) is 8.42. The van der Waals surface area contributed by atoms with E-state index in [1.165, 1.54) is 57.8 Å². The summed E-state index contributed by atoms with van der Waals surface area (Å²) in [6.07, 6.45) is 13.4. The van der Waals surface area contributed by atoms with E-state index in [1.807, 2.05) is 0 Å². The summed E-state index contributed by atoms with van der Waals surface area (Å²) in [6, 6.07) is 2.45. The highest BCUT2D eigenvalue weighted by molar-refractivity contribution is 5.21. The van der Waals surface area contributed by atoms with E-state index in [0.717, 1.165) is 36.0 Å². The highest BCUT2D eigenvalue weighted by Crippen LogP contribution is 2.69. The zero-order valence-corrected chi connectivity index (χ0v) is 16.7. The Morgan fingerprint density at radius 1 is 1.08 bits per heavy atom. The van der Waals surface area contributed by atoms with E-state index in [0.29, 0.717) is 16.7 Å². The summed E-state index contributed by atoms with van der Waals surface area (Å²) in [5, 5.41) is 9.21. The normalized spacial score (nSPS) is 50.3. The van der Waals surface area contributed by atoms with Gasteiger partial charge in [-0.3, -0.25) is 0 Å². The van der Waals surface area contributed by atoms with Crippen molar-refractivity contribution >= 4 is 0 Å². The lowest BCUT2D eigenvalue weighted by molar-refractivity contribution is -0.0891. The van der Waals surface area contributed by atoms with Crippen LogP contribution in [0, 0.1) is 57.7 Å². The first-order chi connectivity index (χ1) is 11.9. The molecule has 8 atom stereocenters. The molecule has 0 saturated heterocycles. The van der Waals surface area contributed by atoms with Crippen molar-refractivity contribution in [3.05, 3.63) is 12.2 Å². The van der Waals surface area contributed by atoms with Crippen molar-refractivity contribution in [2.45, 2.75) is 85.0 Å². The molecule has 4 saturated carbocycles. The van der Waals surface area contributed by atoms with Gasteiger partial charge in [0.1, 0.15) is 0 Å². The lowest BCUT2D eigenvalue weighted by Gasteiger charge is -2.61. The van der Waals surface area contributed by atoms with E-state index in [2.05, 4.69) is 33.4 Å². The van der Waals surface area contributed by atoms with Crippen LogP contribution in [0.2, 0.25) is 0 Å². The van der Waals surface area contributed by atoms with Gasteiger partial charge >= 0.3 is 0 Å². The van der Waals surface area contributed by atoms with Crippen LogP contribution >= 0.6 is 0 Å². The van der Waals surface area contributed by atoms with E-state index < -0.39 is 0 Å². The van der Waals surface area contributed by atoms with Crippen LogP contribution in [-0.4, -0.2) is 0 Å². The maximum Gasteiger partial charge on any atom is 0.0624 e. The lowest BCUT2D eigenvalue weighted by atomic mass is 9.43. The number of nitriles is 1. The molecule has 0 spiro atoms. The van der Waals surface area contributed by atoms with Gasteiger partial charge in [0, 0.05) is 6.42 Å². The summed E-state index contributed by atoms with van der Waals surface area (Å²) in [6.45, 7) is 12.2. The van der Waals surface area contributed by atoms with E-state index >= 15 is 0 Å². The Morgan fingerprint density at radius 3 is 2.60 bits per heavy atom. The molecule has 0 radical (unpaired) electrons. The molecule has 0 amide bonds. The minimum Gasteiger partial charge on any atom is -0.198 e. The predicted molar refractivity (Wildman–Crippen MR) is 104 cm³/mol. The minimum absolute atomic E-state index is 0.457. The maximum atomic E-state index is 9.21. The first kappa shape index (κ1) is 17.6. The molecule has 0 N–H and O–H groups in total. The third kappa shape index (κ3) is 2.46. The molecule has 0 bridgehead atoms. The fraction of sp³-hybridized carbons (Fsp3) is 0.875. The molecule has 7 unspecified atom stereocenters. The van der Waals surface area contributed by atoms with E-state index in [1.54, 1.807) is 5.57 Å². The van der Waals surface area contributed by atoms with Gasteiger partial charge in [-0.25, -0.2) is 0 Å². The SMILES string of the molecule is C=C1CC2CCCCC2(C)C2CCC3(C)C(C(C)CC#N)CC[C@H]3C12. The molecular formula is C24H37N. The number of allylic oxidation sites excluding steroid dienone is 1. The van der Waals surface area contributed by atoms with Gasteiger partial charge in [0.05, 0.1) is 6.07 Å². The van der Waals surface area contributed by atoms with Crippen molar-refractivity contribution in [2.24, 2.45) is 46.3 Å². The fourth-order valence-electron chi connectivity index (χ4n) is 8.42. The summed E-state index contributed by atoms with van der Waals surface area (Å²) < 4.78 is 0. The standard InChI is InChI=1S/C24H37N/c1-16(11-14-25)19-8-9-20-22-17(2)15-18-7-5-6-12-23(18,3)21(22)10-13-24(19,20)4/h16,18-22H,2,5-13,15H2,1,3-4H3/t16?,18?,19?,20-,21?,22?,23?,24?/m0/s1. The average molecular weight is 340 g/mol. The van der Waals surface area contributed by atoms with Gasteiger partial charge < -0.3 is 0 Å². The second-order valence-electron chi connectivity index (χ2n) is 10.6. The third-order valence-corrected chi connectivity index (χ3v) is 9.72. The van der Waals surface area contributed by atoms with E-state index in [-0.39, 0.29) is 0 Å². The Labute approximate surface area is 155 Å². The van der Waals surface area contributed by atoms with Gasteiger partial charge in [0.15, 0.2) is 0 Å². The largest absolute Gasteiger partial charge is 0.198 e. The van der Waals surface area contributed by atoms with Crippen molar-refractivity contribution in [2.75, 3.05) is 0 Å². The topological polar surface area (TPSA) is 23.8 Å². The second kappa shape index (κ2) is 6.14. The van der Waals surface area contributed by atoms with Gasteiger partial charge in [0.2, 0.25) is 0 Å². The number of hydrogen-bond acceptors (Lipinski definition) is 1. The number of rotatable bonds is 2. The summed E-state index contributed by atoms with van der Waals surface area (Å²) in [5.74, 6) is 4.73. The summed E-state index contributed by atoms with van der Waals surface area (Å²) in [7, 11) is 0. The molecule has 4 fully saturated rings. The van der Waals surface area contributed by atoms with Crippen molar-refractivity contribution < 1.29 is 0 Å². The van der Waals surface area contributed by atoms with E-state index in [4.69, 9.17) is 0 Å². The highest BCUT2D eigenvalue weighted by Gasteiger charge is 2.61. The van der Waals surface area contributed by atoms with Crippen LogP contribution in [0.3, 0.4) is 0 Å². The smallest absolute Gasteiger partial charge is 0.0624 e. The molecule has 0 aliphatic heterocycles. The molecule has 138 valence electrons. The van der Waals surface area contributed by atoms with Crippen LogP contribution in [0.4, 0.5) is 0 Å². The molecule has 0 aromatic rings.